The molecule has 1 atom stereocenters. The highest BCUT2D eigenvalue weighted by Gasteiger charge is 2.27. The molecule has 0 aromatic heterocycles. The number of likely N-dealkylation sites (tertiary alicyclic amines) is 1. The van der Waals surface area contributed by atoms with Crippen LogP contribution in [-0.4, -0.2) is 37.0 Å². The van der Waals surface area contributed by atoms with Crippen molar-refractivity contribution < 1.29 is 4.79 Å². The molecule has 1 saturated heterocycles. The first-order chi connectivity index (χ1) is 8.72. The lowest BCUT2D eigenvalue weighted by molar-refractivity contribution is -0.131. The summed E-state index contributed by atoms with van der Waals surface area (Å²) in [6.45, 7) is 3.88. The molecule has 1 heterocycles. The molecule has 3 nitrogen and oxygen atoms in total. The van der Waals surface area contributed by atoms with Crippen LogP contribution in [0.1, 0.15) is 24.0 Å². The van der Waals surface area contributed by atoms with E-state index in [0.29, 0.717) is 12.5 Å². The molecule has 0 saturated carbocycles. The topological polar surface area (TPSA) is 32.3 Å². The molecule has 1 amide bonds. The number of nitrogens with zero attached hydrogens (tertiary/aromatic N) is 1. The van der Waals surface area contributed by atoms with E-state index in [1.807, 2.05) is 24.1 Å². The number of nitrogens with one attached hydrogen (secondary N) is 1. The van der Waals surface area contributed by atoms with Crippen molar-refractivity contribution in [1.82, 2.24) is 10.2 Å². The van der Waals surface area contributed by atoms with Crippen molar-refractivity contribution >= 4 is 5.91 Å². The van der Waals surface area contributed by atoms with E-state index in [9.17, 15) is 4.79 Å². The van der Waals surface area contributed by atoms with Gasteiger partial charge in [-0.2, -0.15) is 0 Å². The number of hydrogen-bond acceptors (Lipinski definition) is 2. The van der Waals surface area contributed by atoms with Gasteiger partial charge < -0.3 is 10.2 Å². The fourth-order valence-electron chi connectivity index (χ4n) is 2.68. The van der Waals surface area contributed by atoms with Gasteiger partial charge in [0.1, 0.15) is 0 Å². The zero-order valence-electron chi connectivity index (χ0n) is 11.3. The second kappa shape index (κ2) is 6.01. The molecule has 0 aliphatic carbocycles. The van der Waals surface area contributed by atoms with Crippen LogP contribution in [0, 0.1) is 6.92 Å². The molecule has 0 bridgehead atoms. The van der Waals surface area contributed by atoms with Gasteiger partial charge in [0.15, 0.2) is 0 Å². The average molecular weight is 246 g/mol. The quantitative estimate of drug-likeness (QED) is 0.878. The van der Waals surface area contributed by atoms with Crippen LogP contribution in [0.5, 0.6) is 0 Å². The van der Waals surface area contributed by atoms with Crippen LogP contribution in [0.15, 0.2) is 24.3 Å². The highest BCUT2D eigenvalue weighted by Crippen LogP contribution is 2.19. The average Bonchev–Trinajstić information content (AvgIpc) is 2.81. The number of carbonyl (C=O) groups is 1. The largest absolute Gasteiger partial charge is 0.338 e. The van der Waals surface area contributed by atoms with Crippen molar-refractivity contribution in [3.63, 3.8) is 0 Å². The van der Waals surface area contributed by atoms with Crippen LogP contribution >= 0.6 is 0 Å². The number of aryl methyl sites for hydroxylation is 1. The molecule has 1 aromatic rings. The minimum Gasteiger partial charge on any atom is -0.338 e. The van der Waals surface area contributed by atoms with Crippen LogP contribution in [0.3, 0.4) is 0 Å². The number of hydrogen-bond donors (Lipinski definition) is 1. The maximum absolute atomic E-state index is 12.4. The van der Waals surface area contributed by atoms with E-state index in [1.165, 1.54) is 5.56 Å². The standard InChI is InChI=1S/C15H22N2O/c1-12-6-3-4-7-13(12)10-15(18)17-9-5-8-14(17)11-16-2/h3-4,6-7,14,16H,5,8-11H2,1-2H3/t14-/m0/s1. The lowest BCUT2D eigenvalue weighted by Crippen LogP contribution is -2.41. The Morgan fingerprint density at radius 1 is 1.44 bits per heavy atom. The van der Waals surface area contributed by atoms with E-state index in [1.54, 1.807) is 0 Å². The molecule has 1 aliphatic rings. The Balaban J connectivity index is 2.01. The monoisotopic (exact) mass is 246 g/mol. The van der Waals surface area contributed by atoms with Gasteiger partial charge in [0.05, 0.1) is 6.42 Å². The van der Waals surface area contributed by atoms with Crippen LogP contribution in [0.4, 0.5) is 0 Å². The Bertz CT molecular complexity index is 417. The first-order valence-electron chi connectivity index (χ1n) is 6.71. The van der Waals surface area contributed by atoms with Crippen molar-refractivity contribution in [3.8, 4) is 0 Å². The zero-order chi connectivity index (χ0) is 13.0. The van der Waals surface area contributed by atoms with Gasteiger partial charge in [-0.25, -0.2) is 0 Å². The van der Waals surface area contributed by atoms with Gasteiger partial charge in [-0.05, 0) is 37.9 Å². The van der Waals surface area contributed by atoms with Crippen molar-refractivity contribution in [2.24, 2.45) is 0 Å². The van der Waals surface area contributed by atoms with Crippen molar-refractivity contribution in [3.05, 3.63) is 35.4 Å². The fraction of sp³-hybridized carbons (Fsp3) is 0.533. The van der Waals surface area contributed by atoms with Crippen LogP contribution < -0.4 is 5.32 Å². The summed E-state index contributed by atoms with van der Waals surface area (Å²) in [6, 6.07) is 8.52. The van der Waals surface area contributed by atoms with Gasteiger partial charge in [0.25, 0.3) is 0 Å². The zero-order valence-corrected chi connectivity index (χ0v) is 11.3. The molecule has 98 valence electrons. The molecule has 0 radical (unpaired) electrons. The fourth-order valence-corrected chi connectivity index (χ4v) is 2.68. The van der Waals surface area contributed by atoms with Crippen molar-refractivity contribution in [2.75, 3.05) is 20.1 Å². The van der Waals surface area contributed by atoms with E-state index in [0.717, 1.165) is 31.5 Å². The molecule has 2 rings (SSSR count). The second-order valence-corrected chi connectivity index (χ2v) is 5.04. The van der Waals surface area contributed by atoms with Crippen LogP contribution in [0.2, 0.25) is 0 Å². The predicted molar refractivity (Wildman–Crippen MR) is 73.5 cm³/mol. The van der Waals surface area contributed by atoms with Gasteiger partial charge in [0.2, 0.25) is 5.91 Å². The summed E-state index contributed by atoms with van der Waals surface area (Å²) in [5, 5.41) is 3.18. The summed E-state index contributed by atoms with van der Waals surface area (Å²) in [5.41, 5.74) is 2.35. The smallest absolute Gasteiger partial charge is 0.227 e. The van der Waals surface area contributed by atoms with Crippen LogP contribution in [0.25, 0.3) is 0 Å². The van der Waals surface area contributed by atoms with Gasteiger partial charge in [-0.3, -0.25) is 4.79 Å². The minimum atomic E-state index is 0.266. The van der Waals surface area contributed by atoms with E-state index < -0.39 is 0 Å². The Kier molecular flexibility index (Phi) is 4.37. The van der Waals surface area contributed by atoms with Gasteiger partial charge in [-0.1, -0.05) is 24.3 Å². The Morgan fingerprint density at radius 2 is 2.22 bits per heavy atom. The van der Waals surface area contributed by atoms with E-state index in [4.69, 9.17) is 0 Å². The molecule has 0 unspecified atom stereocenters. The molecule has 3 heteroatoms. The summed E-state index contributed by atoms with van der Waals surface area (Å²) in [6.07, 6.45) is 2.79. The first-order valence-corrected chi connectivity index (χ1v) is 6.71. The lowest BCUT2D eigenvalue weighted by Gasteiger charge is -2.25. The lowest BCUT2D eigenvalue weighted by atomic mass is 10.1. The molecule has 18 heavy (non-hydrogen) atoms. The van der Waals surface area contributed by atoms with Gasteiger partial charge in [0, 0.05) is 19.1 Å². The molecular weight excluding hydrogens is 224 g/mol. The Morgan fingerprint density at radius 3 is 2.94 bits per heavy atom. The SMILES string of the molecule is CNC[C@@H]1CCCN1C(=O)Cc1ccccc1C. The minimum absolute atomic E-state index is 0.266. The van der Waals surface area contributed by atoms with E-state index >= 15 is 0 Å². The number of amides is 1. The van der Waals surface area contributed by atoms with E-state index in [2.05, 4.69) is 24.4 Å². The number of benzene rings is 1. The summed E-state index contributed by atoms with van der Waals surface area (Å²) in [4.78, 5) is 14.4. The van der Waals surface area contributed by atoms with Gasteiger partial charge >= 0.3 is 0 Å². The molecular formula is C15H22N2O. The maximum atomic E-state index is 12.4. The summed E-state index contributed by atoms with van der Waals surface area (Å²) in [7, 11) is 1.95. The normalized spacial score (nSPS) is 19.2. The third-order valence-corrected chi connectivity index (χ3v) is 3.74. The Hall–Kier alpha value is -1.35. The number of carbonyl (C=O) groups excluding carboxylic acids is 1. The molecule has 0 spiro atoms. The summed E-state index contributed by atoms with van der Waals surface area (Å²) >= 11 is 0. The molecule has 1 aliphatic heterocycles. The van der Waals surface area contributed by atoms with E-state index in [-0.39, 0.29) is 5.91 Å². The first kappa shape index (κ1) is 13.1. The van der Waals surface area contributed by atoms with Crippen molar-refractivity contribution in [1.29, 1.82) is 0 Å². The van der Waals surface area contributed by atoms with Crippen molar-refractivity contribution in [2.45, 2.75) is 32.2 Å². The highest BCUT2D eigenvalue weighted by atomic mass is 16.2. The summed E-state index contributed by atoms with van der Waals surface area (Å²) < 4.78 is 0. The number of rotatable bonds is 4. The van der Waals surface area contributed by atoms with Gasteiger partial charge in [-0.15, -0.1) is 0 Å². The molecule has 1 N–H and O–H groups in total. The number of likely N-dealkylation sites (N-methyl/N-ethyl adjacent to an activating group) is 1. The molecule has 1 aromatic carbocycles. The second-order valence-electron chi connectivity index (χ2n) is 5.04. The highest BCUT2D eigenvalue weighted by molar-refractivity contribution is 5.79. The summed E-state index contributed by atoms with van der Waals surface area (Å²) in [5.74, 6) is 0.266. The molecule has 1 fully saturated rings. The maximum Gasteiger partial charge on any atom is 0.227 e. The third-order valence-electron chi connectivity index (χ3n) is 3.74. The third kappa shape index (κ3) is 2.91. The Labute approximate surface area is 109 Å². The van der Waals surface area contributed by atoms with Crippen LogP contribution in [-0.2, 0) is 11.2 Å². The predicted octanol–water partition coefficient (Wildman–Crippen LogP) is 1.75.